The molecule has 0 amide bonds. The fourth-order valence-corrected chi connectivity index (χ4v) is 6.91. The molecule has 44 heavy (non-hydrogen) atoms. The Balaban J connectivity index is 0.000000240. The van der Waals surface area contributed by atoms with E-state index in [9.17, 15) is 8.42 Å². The molecule has 2 aromatic carbocycles. The van der Waals surface area contributed by atoms with Crippen LogP contribution in [0.3, 0.4) is 0 Å². The van der Waals surface area contributed by atoms with Gasteiger partial charge in [-0.15, -0.1) is 0 Å². The van der Waals surface area contributed by atoms with Gasteiger partial charge in [-0.3, -0.25) is 0 Å². The second-order valence-electron chi connectivity index (χ2n) is 12.3. The molecule has 0 radical (unpaired) electrons. The molecule has 0 aliphatic rings. The highest BCUT2D eigenvalue weighted by Crippen LogP contribution is 2.34. The van der Waals surface area contributed by atoms with E-state index in [0.717, 1.165) is 45.5 Å². The molecule has 0 spiro atoms. The molecule has 0 saturated carbocycles. The number of aromatic nitrogens is 2. The molecular formula is C32H40Cl4N4O2S2. The van der Waals surface area contributed by atoms with Crippen LogP contribution in [0.25, 0.3) is 21.5 Å². The van der Waals surface area contributed by atoms with Crippen molar-refractivity contribution in [2.45, 2.75) is 89.8 Å². The molecule has 4 rings (SSSR count). The summed E-state index contributed by atoms with van der Waals surface area (Å²) in [4.78, 5) is 8.19. The smallest absolute Gasteiger partial charge is 0.129 e. The maximum absolute atomic E-state index is 12.4. The third-order valence-corrected chi connectivity index (χ3v) is 11.2. The van der Waals surface area contributed by atoms with Gasteiger partial charge in [0.15, 0.2) is 0 Å². The number of nitrogens with zero attached hydrogens (tertiary/aromatic N) is 2. The topological polar surface area (TPSA) is 84.0 Å². The van der Waals surface area contributed by atoms with Crippen molar-refractivity contribution in [1.29, 1.82) is 0 Å². The molecule has 0 fully saturated rings. The fraction of sp³-hybridized carbons (Fsp3) is 0.438. The fourth-order valence-electron chi connectivity index (χ4n) is 4.36. The highest BCUT2D eigenvalue weighted by atomic mass is 35.5. The Morgan fingerprint density at radius 2 is 0.977 bits per heavy atom. The number of nitrogens with one attached hydrogen (secondary N) is 2. The lowest BCUT2D eigenvalue weighted by Gasteiger charge is -2.24. The number of hydrogen-bond acceptors (Lipinski definition) is 4. The zero-order chi connectivity index (χ0) is 33.0. The van der Waals surface area contributed by atoms with Gasteiger partial charge in [-0.2, -0.15) is 0 Å². The largest absolute Gasteiger partial charge is 0.244 e. The summed E-state index contributed by atoms with van der Waals surface area (Å²) in [6, 6.07) is 11.1. The summed E-state index contributed by atoms with van der Waals surface area (Å²) in [5, 5.41) is 5.70. The number of halogens is 4. The molecule has 12 heteroatoms. The van der Waals surface area contributed by atoms with Gasteiger partial charge < -0.3 is 0 Å². The van der Waals surface area contributed by atoms with Gasteiger partial charge >= 0.3 is 0 Å². The molecule has 2 N–H and O–H groups in total. The van der Waals surface area contributed by atoms with E-state index >= 15 is 0 Å². The maximum Gasteiger partial charge on any atom is 0.129 e. The summed E-state index contributed by atoms with van der Waals surface area (Å²) in [6.07, 6.45) is 4.96. The van der Waals surface area contributed by atoms with Crippen molar-refractivity contribution < 1.29 is 8.42 Å². The molecule has 4 atom stereocenters. The van der Waals surface area contributed by atoms with Gasteiger partial charge in [-0.05, 0) is 101 Å². The van der Waals surface area contributed by atoms with Crippen molar-refractivity contribution >= 4 is 89.9 Å². The predicted octanol–water partition coefficient (Wildman–Crippen LogP) is 10.1. The normalized spacial score (nSPS) is 15.0. The highest BCUT2D eigenvalue weighted by molar-refractivity contribution is 7.84. The lowest BCUT2D eigenvalue weighted by atomic mass is 9.99. The van der Waals surface area contributed by atoms with Gasteiger partial charge in [-0.1, -0.05) is 72.4 Å². The van der Waals surface area contributed by atoms with E-state index in [-0.39, 0.29) is 21.6 Å². The number of benzene rings is 2. The number of rotatable bonds is 8. The highest BCUT2D eigenvalue weighted by Gasteiger charge is 2.25. The molecule has 2 aromatic heterocycles. The Morgan fingerprint density at radius 3 is 1.27 bits per heavy atom. The van der Waals surface area contributed by atoms with E-state index in [1.165, 1.54) is 0 Å². The van der Waals surface area contributed by atoms with Crippen LogP contribution in [0.4, 0.5) is 0 Å². The lowest BCUT2D eigenvalue weighted by Crippen LogP contribution is -2.35. The lowest BCUT2D eigenvalue weighted by molar-refractivity contribution is 0.591. The summed E-state index contributed by atoms with van der Waals surface area (Å²) in [6.45, 7) is 15.8. The van der Waals surface area contributed by atoms with Gasteiger partial charge in [-0.25, -0.2) is 27.8 Å². The van der Waals surface area contributed by atoms with Crippen molar-refractivity contribution in [2.75, 3.05) is 0 Å². The summed E-state index contributed by atoms with van der Waals surface area (Å²) in [5.41, 5.74) is 2.06. The summed E-state index contributed by atoms with van der Waals surface area (Å²) in [7, 11) is -2.31. The molecule has 6 nitrogen and oxygen atoms in total. The Bertz CT molecular complexity index is 1550. The van der Waals surface area contributed by atoms with Crippen molar-refractivity contribution in [2.24, 2.45) is 0 Å². The van der Waals surface area contributed by atoms with Crippen LogP contribution in [-0.4, -0.2) is 27.9 Å². The van der Waals surface area contributed by atoms with Gasteiger partial charge in [0.25, 0.3) is 0 Å². The third-order valence-electron chi connectivity index (χ3n) is 6.87. The van der Waals surface area contributed by atoms with Gasteiger partial charge in [0.2, 0.25) is 0 Å². The molecule has 0 saturated heterocycles. The first kappa shape index (κ1) is 37.1. The van der Waals surface area contributed by atoms with Crippen LogP contribution in [0.15, 0.2) is 48.8 Å². The second kappa shape index (κ2) is 15.5. The Morgan fingerprint density at radius 1 is 0.636 bits per heavy atom. The Hall–Kier alpha value is -1.36. The van der Waals surface area contributed by atoms with E-state index < -0.39 is 22.0 Å². The quantitative estimate of drug-likeness (QED) is 0.178. The van der Waals surface area contributed by atoms with Crippen molar-refractivity contribution in [3.63, 3.8) is 0 Å². The molecule has 0 aliphatic carbocycles. The molecule has 0 aliphatic heterocycles. The van der Waals surface area contributed by atoms with Crippen molar-refractivity contribution in [1.82, 2.24) is 19.4 Å². The maximum atomic E-state index is 12.4. The van der Waals surface area contributed by atoms with Crippen LogP contribution in [0, 0.1) is 0 Å². The minimum absolute atomic E-state index is 0.0432. The van der Waals surface area contributed by atoms with Crippen LogP contribution in [0.1, 0.15) is 91.4 Å². The van der Waals surface area contributed by atoms with E-state index in [2.05, 4.69) is 33.3 Å². The third kappa shape index (κ3) is 9.35. The first-order valence-electron chi connectivity index (χ1n) is 14.3. The first-order valence-corrected chi connectivity index (χ1v) is 18.1. The zero-order valence-corrected chi connectivity index (χ0v) is 30.9. The van der Waals surface area contributed by atoms with E-state index in [1.54, 1.807) is 12.4 Å². The van der Waals surface area contributed by atoms with Crippen LogP contribution in [-0.2, 0) is 22.0 Å². The van der Waals surface area contributed by atoms with Crippen LogP contribution in [0.2, 0.25) is 20.4 Å². The SMILES string of the molecule is CC[C@@H](N[S@](=O)C(C)(C)C)c1ccc(Cl)c2cnc(Cl)cc12.CC[C@H](N[S@](=O)C(C)(C)C)c1ccc(Cl)c2cnc(Cl)cc12. The molecule has 240 valence electrons. The van der Waals surface area contributed by atoms with Crippen LogP contribution < -0.4 is 9.44 Å². The number of pyridine rings is 2. The van der Waals surface area contributed by atoms with Crippen molar-refractivity contribution in [3.05, 3.63) is 80.3 Å². The Labute approximate surface area is 286 Å². The van der Waals surface area contributed by atoms with Crippen molar-refractivity contribution in [3.8, 4) is 0 Å². The molecule has 0 bridgehead atoms. The summed E-state index contributed by atoms with van der Waals surface area (Å²) < 4.78 is 30.6. The van der Waals surface area contributed by atoms with Crippen LogP contribution >= 0.6 is 46.4 Å². The second-order valence-corrected chi connectivity index (χ2v) is 17.9. The molecule has 0 unspecified atom stereocenters. The minimum Gasteiger partial charge on any atom is -0.244 e. The van der Waals surface area contributed by atoms with E-state index in [1.807, 2.05) is 77.9 Å². The average molecular weight is 719 g/mol. The standard InChI is InChI=1S/2C16H20Cl2N2OS/c2*1-5-14(20-22(21)16(2,3)4)10-6-7-13(17)12-9-19-15(18)8-11(10)12/h2*6-9,14,20H,5H2,1-4H3/t14-,22+;14-,22-/m01/s1. The minimum atomic E-state index is -1.15. The van der Waals surface area contributed by atoms with E-state index in [4.69, 9.17) is 46.4 Å². The molecule has 2 heterocycles. The zero-order valence-electron chi connectivity index (χ0n) is 26.2. The molecule has 4 aromatic rings. The van der Waals surface area contributed by atoms with Gasteiger partial charge in [0, 0.05) is 45.3 Å². The van der Waals surface area contributed by atoms with E-state index in [0.29, 0.717) is 20.4 Å². The monoisotopic (exact) mass is 716 g/mol. The Kier molecular flexibility index (Phi) is 13.1. The van der Waals surface area contributed by atoms with Crippen LogP contribution in [0.5, 0.6) is 0 Å². The summed E-state index contributed by atoms with van der Waals surface area (Å²) >= 11 is 24.6. The van der Waals surface area contributed by atoms with Gasteiger partial charge in [0.1, 0.15) is 10.3 Å². The van der Waals surface area contributed by atoms with Gasteiger partial charge in [0.05, 0.1) is 31.5 Å². The first-order chi connectivity index (χ1) is 20.5. The molecular weight excluding hydrogens is 678 g/mol. The average Bonchev–Trinajstić information content (AvgIpc) is 2.94. The number of fused-ring (bicyclic) bond motifs is 2. The number of hydrogen-bond donors (Lipinski definition) is 2. The summed E-state index contributed by atoms with van der Waals surface area (Å²) in [5.74, 6) is 0. The predicted molar refractivity (Wildman–Crippen MR) is 192 cm³/mol.